The number of hydrogen-bond donors (Lipinski definition) is 0. The van der Waals surface area contributed by atoms with Crippen molar-refractivity contribution in [2.45, 2.75) is 13.5 Å². The number of aryl methyl sites for hydroxylation is 1. The predicted octanol–water partition coefficient (Wildman–Crippen LogP) is 3.65. The van der Waals surface area contributed by atoms with Crippen molar-refractivity contribution in [1.29, 1.82) is 0 Å². The zero-order valence-electron chi connectivity index (χ0n) is 12.7. The summed E-state index contributed by atoms with van der Waals surface area (Å²) in [5.41, 5.74) is 0.775. The molecule has 0 unspecified atom stereocenters. The smallest absolute Gasteiger partial charge is 0.422 e. The van der Waals surface area contributed by atoms with E-state index >= 15 is 0 Å². The van der Waals surface area contributed by atoms with E-state index in [-0.39, 0.29) is 13.2 Å². The average molecular weight is 366 g/mol. The molecule has 2 aromatic carbocycles. The standard InChI is InChI=1S/C17H13Cl2NO4/c1-10-2-3-15-14(6-10)16(21)24-17(22)20(15)4-5-23-13-8-11(18)7-12(19)9-13/h2-3,6-9H,4-5H2,1H3. The second-order valence-corrected chi connectivity index (χ2v) is 6.15. The lowest BCUT2D eigenvalue weighted by atomic mass is 10.2. The Balaban J connectivity index is 1.88. The van der Waals surface area contributed by atoms with E-state index in [0.717, 1.165) is 5.56 Å². The molecule has 0 bridgehead atoms. The normalized spacial score (nSPS) is 11.0. The highest BCUT2D eigenvalue weighted by Crippen LogP contribution is 2.24. The summed E-state index contributed by atoms with van der Waals surface area (Å²) >= 11 is 11.8. The molecule has 0 atom stereocenters. The molecule has 7 heteroatoms. The third-order valence-electron chi connectivity index (χ3n) is 3.48. The van der Waals surface area contributed by atoms with Crippen molar-refractivity contribution in [2.24, 2.45) is 0 Å². The summed E-state index contributed by atoms with van der Waals surface area (Å²) in [4.78, 5) is 23.8. The maximum absolute atomic E-state index is 12.0. The van der Waals surface area contributed by atoms with Crippen LogP contribution in [-0.4, -0.2) is 11.2 Å². The van der Waals surface area contributed by atoms with E-state index < -0.39 is 11.4 Å². The predicted molar refractivity (Wildman–Crippen MR) is 93.4 cm³/mol. The number of rotatable bonds is 4. The Kier molecular flexibility index (Phi) is 4.64. The Morgan fingerprint density at radius 1 is 1.08 bits per heavy atom. The Hall–Kier alpha value is -2.24. The molecule has 0 N–H and O–H groups in total. The first-order valence-electron chi connectivity index (χ1n) is 7.17. The minimum Gasteiger partial charge on any atom is -0.492 e. The molecule has 0 amide bonds. The fourth-order valence-electron chi connectivity index (χ4n) is 2.41. The fourth-order valence-corrected chi connectivity index (χ4v) is 2.92. The van der Waals surface area contributed by atoms with Crippen molar-refractivity contribution >= 4 is 34.1 Å². The van der Waals surface area contributed by atoms with Crippen LogP contribution >= 0.6 is 23.2 Å². The molecule has 3 aromatic rings. The summed E-state index contributed by atoms with van der Waals surface area (Å²) in [6, 6.07) is 10.1. The van der Waals surface area contributed by atoms with E-state index in [9.17, 15) is 9.59 Å². The molecule has 1 aromatic heterocycles. The molecule has 5 nitrogen and oxygen atoms in total. The SMILES string of the molecule is Cc1ccc2c(c1)c(=O)oc(=O)n2CCOc1cc(Cl)cc(Cl)c1. The monoisotopic (exact) mass is 365 g/mol. The summed E-state index contributed by atoms with van der Waals surface area (Å²) in [6.07, 6.45) is 0. The van der Waals surface area contributed by atoms with Crippen molar-refractivity contribution in [3.05, 3.63) is 73.0 Å². The Morgan fingerprint density at radius 3 is 2.50 bits per heavy atom. The van der Waals surface area contributed by atoms with Gasteiger partial charge in [0.2, 0.25) is 0 Å². The van der Waals surface area contributed by atoms with Crippen molar-refractivity contribution in [2.75, 3.05) is 6.61 Å². The zero-order valence-corrected chi connectivity index (χ0v) is 14.2. The lowest BCUT2D eigenvalue weighted by Crippen LogP contribution is -2.27. The minimum atomic E-state index is -0.718. The van der Waals surface area contributed by atoms with Crippen LogP contribution in [0, 0.1) is 6.92 Å². The molecule has 0 spiro atoms. The quantitative estimate of drug-likeness (QED) is 0.707. The third kappa shape index (κ3) is 3.47. The van der Waals surface area contributed by atoms with Crippen LogP contribution in [0.2, 0.25) is 10.0 Å². The van der Waals surface area contributed by atoms with Gasteiger partial charge < -0.3 is 9.15 Å². The van der Waals surface area contributed by atoms with Gasteiger partial charge in [-0.25, -0.2) is 9.59 Å². The zero-order chi connectivity index (χ0) is 17.3. The van der Waals surface area contributed by atoms with Gasteiger partial charge in [0.05, 0.1) is 17.4 Å². The molecule has 0 radical (unpaired) electrons. The summed E-state index contributed by atoms with van der Waals surface area (Å²) in [7, 11) is 0. The minimum absolute atomic E-state index is 0.188. The highest BCUT2D eigenvalue weighted by Gasteiger charge is 2.10. The molecular formula is C17H13Cl2NO4. The van der Waals surface area contributed by atoms with E-state index in [4.69, 9.17) is 32.4 Å². The third-order valence-corrected chi connectivity index (χ3v) is 3.92. The number of halogens is 2. The number of fused-ring (bicyclic) bond motifs is 1. The number of nitrogens with zero attached hydrogens (tertiary/aromatic N) is 1. The summed E-state index contributed by atoms with van der Waals surface area (Å²) < 4.78 is 11.7. The lowest BCUT2D eigenvalue weighted by molar-refractivity contribution is 0.287. The lowest BCUT2D eigenvalue weighted by Gasteiger charge is -2.11. The molecule has 24 heavy (non-hydrogen) atoms. The molecule has 124 valence electrons. The Morgan fingerprint density at radius 2 is 1.79 bits per heavy atom. The summed E-state index contributed by atoms with van der Waals surface area (Å²) in [5.74, 6) is -0.220. The van der Waals surface area contributed by atoms with Crippen molar-refractivity contribution in [3.8, 4) is 5.75 Å². The van der Waals surface area contributed by atoms with Crippen LogP contribution in [0.3, 0.4) is 0 Å². The van der Waals surface area contributed by atoms with Gasteiger partial charge in [-0.1, -0.05) is 34.8 Å². The second-order valence-electron chi connectivity index (χ2n) is 5.28. The van der Waals surface area contributed by atoms with Gasteiger partial charge in [-0.05, 0) is 37.3 Å². The molecule has 0 fully saturated rings. The maximum atomic E-state index is 12.0. The highest BCUT2D eigenvalue weighted by atomic mass is 35.5. The van der Waals surface area contributed by atoms with Gasteiger partial charge in [0.1, 0.15) is 12.4 Å². The van der Waals surface area contributed by atoms with Crippen LogP contribution < -0.4 is 16.1 Å². The second kappa shape index (κ2) is 6.71. The molecule has 0 saturated heterocycles. The van der Waals surface area contributed by atoms with E-state index in [0.29, 0.717) is 26.7 Å². The fraction of sp³-hybridized carbons (Fsp3) is 0.176. The molecule has 0 aliphatic carbocycles. The molecule has 3 rings (SSSR count). The van der Waals surface area contributed by atoms with E-state index in [1.807, 2.05) is 13.0 Å². The molecule has 0 aliphatic heterocycles. The summed E-state index contributed by atoms with van der Waals surface area (Å²) in [5, 5.41) is 1.28. The highest BCUT2D eigenvalue weighted by molar-refractivity contribution is 6.34. The van der Waals surface area contributed by atoms with Crippen molar-refractivity contribution in [1.82, 2.24) is 4.57 Å². The van der Waals surface area contributed by atoms with Gasteiger partial charge in [0, 0.05) is 10.0 Å². The maximum Gasteiger partial charge on any atom is 0.422 e. The topological polar surface area (TPSA) is 61.4 Å². The average Bonchev–Trinajstić information content (AvgIpc) is 2.50. The number of benzene rings is 2. The van der Waals surface area contributed by atoms with Crippen molar-refractivity contribution in [3.63, 3.8) is 0 Å². The number of aromatic nitrogens is 1. The van der Waals surface area contributed by atoms with E-state index in [2.05, 4.69) is 0 Å². The summed E-state index contributed by atoms with van der Waals surface area (Å²) in [6.45, 7) is 2.26. The number of hydrogen-bond acceptors (Lipinski definition) is 4. The van der Waals surface area contributed by atoms with Gasteiger partial charge in [-0.2, -0.15) is 0 Å². The van der Waals surface area contributed by atoms with Gasteiger partial charge in [-0.15, -0.1) is 0 Å². The van der Waals surface area contributed by atoms with Crippen LogP contribution in [0.15, 0.2) is 50.4 Å². The van der Waals surface area contributed by atoms with Crippen LogP contribution in [-0.2, 0) is 6.54 Å². The first-order valence-corrected chi connectivity index (χ1v) is 7.93. The van der Waals surface area contributed by atoms with Crippen LogP contribution in [0.5, 0.6) is 5.75 Å². The number of ether oxygens (including phenoxy) is 1. The van der Waals surface area contributed by atoms with Crippen LogP contribution in [0.4, 0.5) is 0 Å². The molecule has 0 saturated carbocycles. The largest absolute Gasteiger partial charge is 0.492 e. The van der Waals surface area contributed by atoms with Crippen LogP contribution in [0.25, 0.3) is 10.9 Å². The Bertz CT molecular complexity index is 1000. The van der Waals surface area contributed by atoms with E-state index in [1.165, 1.54) is 4.57 Å². The van der Waals surface area contributed by atoms with Crippen LogP contribution in [0.1, 0.15) is 5.56 Å². The molecule has 0 aliphatic rings. The first-order chi connectivity index (χ1) is 11.4. The van der Waals surface area contributed by atoms with Gasteiger partial charge in [0.25, 0.3) is 0 Å². The molecular weight excluding hydrogens is 353 g/mol. The van der Waals surface area contributed by atoms with Gasteiger partial charge in [-0.3, -0.25) is 4.57 Å². The van der Waals surface area contributed by atoms with E-state index in [1.54, 1.807) is 30.3 Å². The van der Waals surface area contributed by atoms with Crippen molar-refractivity contribution < 1.29 is 9.15 Å². The van der Waals surface area contributed by atoms with Gasteiger partial charge >= 0.3 is 11.4 Å². The molecule has 1 heterocycles. The Labute approximate surface area is 147 Å². The first kappa shape index (κ1) is 16.6. The van der Waals surface area contributed by atoms with Gasteiger partial charge in [0.15, 0.2) is 0 Å².